The van der Waals surface area contributed by atoms with Gasteiger partial charge in [-0.15, -0.1) is 0 Å². The zero-order valence-electron chi connectivity index (χ0n) is 12.7. The third-order valence-electron chi connectivity index (χ3n) is 3.87. The topological polar surface area (TPSA) is 97.3 Å². The van der Waals surface area contributed by atoms with Gasteiger partial charge in [0.25, 0.3) is 11.5 Å². The molecule has 1 fully saturated rings. The van der Waals surface area contributed by atoms with Crippen molar-refractivity contribution in [3.05, 3.63) is 64.1 Å². The second kappa shape index (κ2) is 6.38. The number of para-hydroxylation sites is 1. The summed E-state index contributed by atoms with van der Waals surface area (Å²) in [6.45, 7) is 0.430. The first-order valence-corrected chi connectivity index (χ1v) is 7.38. The van der Waals surface area contributed by atoms with Gasteiger partial charge in [0.05, 0.1) is 11.3 Å². The first-order chi connectivity index (χ1) is 11.6. The van der Waals surface area contributed by atoms with Gasteiger partial charge < -0.3 is 14.8 Å². The van der Waals surface area contributed by atoms with Crippen molar-refractivity contribution in [2.24, 2.45) is 0 Å². The van der Waals surface area contributed by atoms with Gasteiger partial charge in [-0.1, -0.05) is 12.1 Å². The van der Waals surface area contributed by atoms with Gasteiger partial charge in [0.1, 0.15) is 18.2 Å². The van der Waals surface area contributed by atoms with E-state index in [1.54, 1.807) is 30.3 Å². The molecule has 0 unspecified atom stereocenters. The number of aromatic amines is 1. The van der Waals surface area contributed by atoms with Crippen LogP contribution in [0.25, 0.3) is 0 Å². The van der Waals surface area contributed by atoms with Crippen LogP contribution >= 0.6 is 0 Å². The Kier molecular flexibility index (Phi) is 4.12. The normalized spacial score (nSPS) is 14.4. The van der Waals surface area contributed by atoms with Crippen LogP contribution < -0.4 is 10.5 Å². The molecule has 1 N–H and O–H groups in total. The Morgan fingerprint density at radius 3 is 2.62 bits per heavy atom. The van der Waals surface area contributed by atoms with Gasteiger partial charge in [0.15, 0.2) is 0 Å². The van der Waals surface area contributed by atoms with E-state index in [1.807, 2.05) is 0 Å². The Morgan fingerprint density at radius 1 is 1.12 bits per heavy atom. The minimum atomic E-state index is -0.479. The summed E-state index contributed by atoms with van der Waals surface area (Å²) in [7, 11) is 0. The number of nitrogens with one attached hydrogen (secondary N) is 1. The van der Waals surface area contributed by atoms with Crippen LogP contribution in [0.5, 0.6) is 0 Å². The van der Waals surface area contributed by atoms with Crippen LogP contribution in [0.1, 0.15) is 15.9 Å². The van der Waals surface area contributed by atoms with Gasteiger partial charge >= 0.3 is 0 Å². The van der Waals surface area contributed by atoms with E-state index < -0.39 is 11.5 Å². The van der Waals surface area contributed by atoms with Crippen molar-refractivity contribution >= 4 is 17.5 Å². The number of hydrogen-bond donors (Lipinski definition) is 1. The molecule has 0 aliphatic carbocycles. The van der Waals surface area contributed by atoms with Crippen molar-refractivity contribution in [3.8, 4) is 6.07 Å². The number of aromatic nitrogens is 1. The van der Waals surface area contributed by atoms with Crippen LogP contribution in [0.15, 0.2) is 47.4 Å². The Bertz CT molecular complexity index is 897. The average Bonchev–Trinajstić information content (AvgIpc) is 2.61. The summed E-state index contributed by atoms with van der Waals surface area (Å²) in [5.74, 6) is -0.761. The van der Waals surface area contributed by atoms with Gasteiger partial charge in [0, 0.05) is 19.3 Å². The van der Waals surface area contributed by atoms with Gasteiger partial charge in [0.2, 0.25) is 5.91 Å². The number of amides is 2. The lowest BCUT2D eigenvalue weighted by atomic mass is 10.1. The third kappa shape index (κ3) is 2.77. The van der Waals surface area contributed by atoms with E-state index in [4.69, 9.17) is 5.26 Å². The minimum Gasteiger partial charge on any atom is -0.328 e. The monoisotopic (exact) mass is 322 g/mol. The molecule has 7 nitrogen and oxygen atoms in total. The largest absolute Gasteiger partial charge is 0.328 e. The summed E-state index contributed by atoms with van der Waals surface area (Å²) in [6.07, 6.45) is 1.45. The molecule has 2 aromatic rings. The lowest BCUT2D eigenvalue weighted by Crippen LogP contribution is -2.53. The number of anilines is 1. The third-order valence-corrected chi connectivity index (χ3v) is 3.87. The molecule has 120 valence electrons. The number of hydrogen-bond acceptors (Lipinski definition) is 4. The molecule has 1 aromatic heterocycles. The fourth-order valence-corrected chi connectivity index (χ4v) is 2.67. The minimum absolute atomic E-state index is 0.0103. The molecule has 2 amide bonds. The molecule has 1 aliphatic rings. The SMILES string of the molecule is N#Cc1ccccc1N1CCN(C(=O)c2ccc[nH]c2=O)CC1=O. The van der Waals surface area contributed by atoms with E-state index in [0.29, 0.717) is 17.8 Å². The number of pyridine rings is 1. The van der Waals surface area contributed by atoms with Crippen molar-refractivity contribution < 1.29 is 9.59 Å². The second-order valence-corrected chi connectivity index (χ2v) is 5.31. The summed E-state index contributed by atoms with van der Waals surface area (Å²) in [4.78, 5) is 41.9. The van der Waals surface area contributed by atoms with Gasteiger partial charge in [-0.2, -0.15) is 5.26 Å². The maximum Gasteiger partial charge on any atom is 0.260 e. The van der Waals surface area contributed by atoms with E-state index in [9.17, 15) is 14.4 Å². The molecule has 3 rings (SSSR count). The zero-order valence-corrected chi connectivity index (χ0v) is 12.7. The summed E-state index contributed by atoms with van der Waals surface area (Å²) < 4.78 is 0. The number of piperazine rings is 1. The average molecular weight is 322 g/mol. The van der Waals surface area contributed by atoms with Crippen LogP contribution in [0, 0.1) is 11.3 Å². The highest BCUT2D eigenvalue weighted by molar-refractivity contribution is 6.02. The lowest BCUT2D eigenvalue weighted by Gasteiger charge is -2.34. The first-order valence-electron chi connectivity index (χ1n) is 7.38. The van der Waals surface area contributed by atoms with Gasteiger partial charge in [-0.3, -0.25) is 14.4 Å². The molecule has 0 bridgehead atoms. The molecule has 24 heavy (non-hydrogen) atoms. The lowest BCUT2D eigenvalue weighted by molar-refractivity contribution is -0.120. The molecule has 2 heterocycles. The molecule has 1 saturated heterocycles. The van der Waals surface area contributed by atoms with Crippen LogP contribution in [0.4, 0.5) is 5.69 Å². The highest BCUT2D eigenvalue weighted by Gasteiger charge is 2.30. The number of carbonyl (C=O) groups is 2. The molecule has 1 aromatic carbocycles. The van der Waals surface area contributed by atoms with Crippen molar-refractivity contribution in [3.63, 3.8) is 0 Å². The van der Waals surface area contributed by atoms with Crippen molar-refractivity contribution in [1.82, 2.24) is 9.88 Å². The number of nitrogens with zero attached hydrogens (tertiary/aromatic N) is 3. The number of carbonyl (C=O) groups excluding carboxylic acids is 2. The first kappa shape index (κ1) is 15.5. The smallest absolute Gasteiger partial charge is 0.260 e. The summed E-state index contributed by atoms with van der Waals surface area (Å²) >= 11 is 0. The quantitative estimate of drug-likeness (QED) is 0.881. The maximum absolute atomic E-state index is 12.4. The molecule has 0 saturated carbocycles. The van der Waals surface area contributed by atoms with Gasteiger partial charge in [-0.25, -0.2) is 0 Å². The van der Waals surface area contributed by atoms with Crippen LogP contribution in [0.2, 0.25) is 0 Å². The van der Waals surface area contributed by atoms with Crippen LogP contribution in [0.3, 0.4) is 0 Å². The Labute approximate surface area is 137 Å². The Morgan fingerprint density at radius 2 is 1.92 bits per heavy atom. The predicted octanol–water partition coefficient (Wildman–Crippen LogP) is 0.736. The second-order valence-electron chi connectivity index (χ2n) is 5.31. The summed E-state index contributed by atoms with van der Waals surface area (Å²) in [5, 5.41) is 9.16. The molecule has 1 aliphatic heterocycles. The Hall–Kier alpha value is -3.40. The van der Waals surface area contributed by atoms with Crippen LogP contribution in [-0.4, -0.2) is 41.3 Å². The van der Waals surface area contributed by atoms with E-state index in [1.165, 1.54) is 22.1 Å². The molecule has 7 heteroatoms. The highest BCUT2D eigenvalue weighted by atomic mass is 16.2. The maximum atomic E-state index is 12.4. The van der Waals surface area contributed by atoms with E-state index in [-0.39, 0.29) is 24.6 Å². The number of benzene rings is 1. The summed E-state index contributed by atoms with van der Waals surface area (Å²) in [5.41, 5.74) is 0.475. The fourth-order valence-electron chi connectivity index (χ4n) is 2.67. The fraction of sp³-hybridized carbons (Fsp3) is 0.176. The summed E-state index contributed by atoms with van der Waals surface area (Å²) in [6, 6.07) is 11.9. The van der Waals surface area contributed by atoms with Crippen molar-refractivity contribution in [1.29, 1.82) is 5.26 Å². The standard InChI is InChI=1S/C17H14N4O3/c18-10-12-4-1-2-6-14(12)21-9-8-20(11-15(21)22)17(24)13-5-3-7-19-16(13)23/h1-7H,8-9,11H2,(H,19,23). The molecule has 0 atom stereocenters. The molecular formula is C17H14N4O3. The predicted molar refractivity (Wildman–Crippen MR) is 86.5 cm³/mol. The van der Waals surface area contributed by atoms with Crippen molar-refractivity contribution in [2.75, 3.05) is 24.5 Å². The zero-order chi connectivity index (χ0) is 17.1. The van der Waals surface area contributed by atoms with Crippen molar-refractivity contribution in [2.45, 2.75) is 0 Å². The number of rotatable bonds is 2. The van der Waals surface area contributed by atoms with E-state index >= 15 is 0 Å². The molecule has 0 radical (unpaired) electrons. The van der Waals surface area contributed by atoms with E-state index in [2.05, 4.69) is 11.1 Å². The molecule has 0 spiro atoms. The number of H-pyrrole nitrogens is 1. The number of nitriles is 1. The van der Waals surface area contributed by atoms with E-state index in [0.717, 1.165) is 0 Å². The van der Waals surface area contributed by atoms with Gasteiger partial charge in [-0.05, 0) is 24.3 Å². The highest BCUT2D eigenvalue weighted by Crippen LogP contribution is 2.22. The Balaban J connectivity index is 1.80. The molecular weight excluding hydrogens is 308 g/mol. The van der Waals surface area contributed by atoms with Crippen LogP contribution in [-0.2, 0) is 4.79 Å².